The molecule has 0 unspecified atom stereocenters. The van der Waals surface area contributed by atoms with Gasteiger partial charge in [0, 0.05) is 17.5 Å². The van der Waals surface area contributed by atoms with Crippen molar-refractivity contribution >= 4 is 34.5 Å². The molecular formula is C20H22N6OS. The minimum absolute atomic E-state index is 0.0542. The molecule has 0 aliphatic rings. The largest absolute Gasteiger partial charge is 0.350 e. The average molecular weight is 395 g/mol. The Morgan fingerprint density at radius 3 is 2.54 bits per heavy atom. The van der Waals surface area contributed by atoms with Crippen LogP contribution in [0, 0.1) is 0 Å². The van der Waals surface area contributed by atoms with Crippen LogP contribution in [-0.4, -0.2) is 35.6 Å². The predicted octanol–water partition coefficient (Wildman–Crippen LogP) is 3.29. The van der Waals surface area contributed by atoms with Gasteiger partial charge in [0.1, 0.15) is 6.54 Å². The van der Waals surface area contributed by atoms with E-state index in [1.807, 2.05) is 72.2 Å². The van der Waals surface area contributed by atoms with Gasteiger partial charge in [0.15, 0.2) is 5.16 Å². The lowest BCUT2D eigenvalue weighted by Gasteiger charge is -2.20. The van der Waals surface area contributed by atoms with Gasteiger partial charge in [-0.1, -0.05) is 30.0 Å². The molecule has 1 N–H and O–H groups in total. The average Bonchev–Trinajstić information content (AvgIpc) is 3.19. The lowest BCUT2D eigenvalue weighted by atomic mass is 10.1. The molecule has 0 spiro atoms. The number of nitrogens with one attached hydrogen (secondary N) is 1. The van der Waals surface area contributed by atoms with E-state index in [1.165, 1.54) is 0 Å². The molecule has 0 radical (unpaired) electrons. The molecule has 0 fully saturated rings. The zero-order valence-corrected chi connectivity index (χ0v) is 16.9. The zero-order valence-electron chi connectivity index (χ0n) is 16.1. The van der Waals surface area contributed by atoms with E-state index in [2.05, 4.69) is 20.5 Å². The van der Waals surface area contributed by atoms with Crippen molar-refractivity contribution in [3.05, 3.63) is 54.4 Å². The van der Waals surface area contributed by atoms with E-state index in [4.69, 9.17) is 0 Å². The lowest BCUT2D eigenvalue weighted by Crippen LogP contribution is -2.42. The quantitative estimate of drug-likeness (QED) is 0.526. The summed E-state index contributed by atoms with van der Waals surface area (Å²) < 4.78 is 3.92. The third-order valence-electron chi connectivity index (χ3n) is 4.16. The van der Waals surface area contributed by atoms with Crippen LogP contribution in [0.15, 0.2) is 53.8 Å². The highest BCUT2D eigenvalue weighted by molar-refractivity contribution is 7.98. The SMILES string of the molecule is CC(C)(C)NC(=O)Cn1c2ccccc2n2c(SCc3ccccn3)nnc12. The number of hydrogen-bond acceptors (Lipinski definition) is 5. The van der Waals surface area contributed by atoms with Crippen molar-refractivity contribution in [3.63, 3.8) is 0 Å². The molecule has 0 bridgehead atoms. The Morgan fingerprint density at radius 2 is 1.82 bits per heavy atom. The molecule has 0 atom stereocenters. The summed E-state index contributed by atoms with van der Waals surface area (Å²) in [5, 5.41) is 12.5. The molecular weight excluding hydrogens is 372 g/mol. The van der Waals surface area contributed by atoms with Crippen molar-refractivity contribution in [1.29, 1.82) is 0 Å². The van der Waals surface area contributed by atoms with Gasteiger partial charge >= 0.3 is 0 Å². The van der Waals surface area contributed by atoms with Gasteiger partial charge in [0.05, 0.1) is 16.7 Å². The van der Waals surface area contributed by atoms with Crippen LogP contribution in [0.1, 0.15) is 26.5 Å². The molecule has 0 aliphatic carbocycles. The first kappa shape index (κ1) is 18.5. The second-order valence-electron chi connectivity index (χ2n) is 7.60. The summed E-state index contributed by atoms with van der Waals surface area (Å²) >= 11 is 1.58. The van der Waals surface area contributed by atoms with Gasteiger partial charge in [-0.15, -0.1) is 10.2 Å². The van der Waals surface area contributed by atoms with Crippen molar-refractivity contribution in [2.45, 2.75) is 43.8 Å². The van der Waals surface area contributed by atoms with Crippen LogP contribution >= 0.6 is 11.8 Å². The summed E-state index contributed by atoms with van der Waals surface area (Å²) in [5.74, 6) is 1.31. The number of thioether (sulfide) groups is 1. The number of carbonyl (C=O) groups excluding carboxylic acids is 1. The Hall–Kier alpha value is -2.87. The summed E-state index contributed by atoms with van der Waals surface area (Å²) in [6.45, 7) is 6.10. The van der Waals surface area contributed by atoms with E-state index in [1.54, 1.807) is 18.0 Å². The Bertz CT molecular complexity index is 1130. The van der Waals surface area contributed by atoms with Crippen LogP contribution < -0.4 is 5.32 Å². The monoisotopic (exact) mass is 394 g/mol. The lowest BCUT2D eigenvalue weighted by molar-refractivity contribution is -0.122. The predicted molar refractivity (Wildman–Crippen MR) is 110 cm³/mol. The summed E-state index contributed by atoms with van der Waals surface area (Å²) in [6.07, 6.45) is 1.79. The van der Waals surface area contributed by atoms with Gasteiger partial charge in [-0.3, -0.25) is 18.7 Å². The van der Waals surface area contributed by atoms with E-state index in [9.17, 15) is 4.79 Å². The first-order valence-electron chi connectivity index (χ1n) is 9.08. The van der Waals surface area contributed by atoms with Gasteiger partial charge in [0.25, 0.3) is 0 Å². The number of rotatable bonds is 5. The van der Waals surface area contributed by atoms with E-state index in [0.717, 1.165) is 21.9 Å². The number of nitrogens with zero attached hydrogens (tertiary/aromatic N) is 5. The zero-order chi connectivity index (χ0) is 19.7. The Labute approximate surface area is 167 Å². The summed E-state index contributed by atoms with van der Waals surface area (Å²) in [4.78, 5) is 16.9. The van der Waals surface area contributed by atoms with E-state index >= 15 is 0 Å². The van der Waals surface area contributed by atoms with E-state index in [0.29, 0.717) is 11.5 Å². The molecule has 1 amide bonds. The highest BCUT2D eigenvalue weighted by atomic mass is 32.2. The topological polar surface area (TPSA) is 77.1 Å². The Morgan fingerprint density at radius 1 is 1.07 bits per heavy atom. The molecule has 28 heavy (non-hydrogen) atoms. The number of pyridine rings is 1. The first-order valence-corrected chi connectivity index (χ1v) is 10.1. The van der Waals surface area contributed by atoms with Crippen molar-refractivity contribution in [1.82, 2.24) is 29.5 Å². The van der Waals surface area contributed by atoms with Crippen LogP contribution in [-0.2, 0) is 17.1 Å². The third kappa shape index (κ3) is 3.73. The molecule has 0 saturated carbocycles. The summed E-state index contributed by atoms with van der Waals surface area (Å²) in [6, 6.07) is 13.8. The minimum Gasteiger partial charge on any atom is -0.350 e. The molecule has 0 aliphatic heterocycles. The van der Waals surface area contributed by atoms with Crippen LogP contribution in [0.3, 0.4) is 0 Å². The molecule has 3 heterocycles. The van der Waals surface area contributed by atoms with Crippen LogP contribution in [0.4, 0.5) is 0 Å². The van der Waals surface area contributed by atoms with Crippen molar-refractivity contribution < 1.29 is 4.79 Å². The fourth-order valence-corrected chi connectivity index (χ4v) is 3.97. The summed E-state index contributed by atoms with van der Waals surface area (Å²) in [5.41, 5.74) is 2.64. The molecule has 7 nitrogen and oxygen atoms in total. The maximum atomic E-state index is 12.5. The third-order valence-corrected chi connectivity index (χ3v) is 5.13. The second-order valence-corrected chi connectivity index (χ2v) is 8.54. The van der Waals surface area contributed by atoms with Gasteiger partial charge in [-0.25, -0.2) is 0 Å². The van der Waals surface area contributed by atoms with E-state index < -0.39 is 0 Å². The maximum absolute atomic E-state index is 12.5. The first-order chi connectivity index (χ1) is 13.4. The minimum atomic E-state index is -0.284. The van der Waals surface area contributed by atoms with Gasteiger partial charge < -0.3 is 5.32 Å². The van der Waals surface area contributed by atoms with Crippen LogP contribution in [0.25, 0.3) is 16.8 Å². The fraction of sp³-hybridized carbons (Fsp3) is 0.300. The van der Waals surface area contributed by atoms with Gasteiger partial charge in [0.2, 0.25) is 11.7 Å². The number of para-hydroxylation sites is 2. The van der Waals surface area contributed by atoms with Gasteiger partial charge in [-0.05, 0) is 45.0 Å². The van der Waals surface area contributed by atoms with Crippen molar-refractivity contribution in [2.24, 2.45) is 0 Å². The molecule has 3 aromatic heterocycles. The number of imidazole rings is 1. The molecule has 144 valence electrons. The number of benzene rings is 1. The number of hydrogen-bond donors (Lipinski definition) is 1. The fourth-order valence-electron chi connectivity index (χ4n) is 3.11. The highest BCUT2D eigenvalue weighted by Gasteiger charge is 2.20. The molecule has 4 aromatic rings. The van der Waals surface area contributed by atoms with E-state index in [-0.39, 0.29) is 18.0 Å². The number of fused-ring (bicyclic) bond motifs is 3. The Balaban J connectivity index is 1.70. The van der Waals surface area contributed by atoms with Crippen LogP contribution in [0.5, 0.6) is 0 Å². The van der Waals surface area contributed by atoms with Crippen molar-refractivity contribution in [2.75, 3.05) is 0 Å². The standard InChI is InChI=1S/C20H22N6OS/c1-20(2,3)22-17(27)12-25-15-9-4-5-10-16(15)26-18(25)23-24-19(26)28-13-14-8-6-7-11-21-14/h4-11H,12-13H2,1-3H3,(H,22,27). The van der Waals surface area contributed by atoms with Gasteiger partial charge in [-0.2, -0.15) is 0 Å². The molecule has 0 saturated heterocycles. The highest BCUT2D eigenvalue weighted by Crippen LogP contribution is 2.27. The smallest absolute Gasteiger partial charge is 0.240 e. The number of amides is 1. The molecule has 4 rings (SSSR count). The maximum Gasteiger partial charge on any atom is 0.240 e. The second kappa shape index (κ2) is 7.27. The number of aromatic nitrogens is 5. The Kier molecular flexibility index (Phi) is 4.80. The number of carbonyl (C=O) groups is 1. The summed E-state index contributed by atoms with van der Waals surface area (Å²) in [7, 11) is 0. The van der Waals surface area contributed by atoms with Crippen LogP contribution in [0.2, 0.25) is 0 Å². The molecule has 1 aromatic carbocycles. The molecule has 8 heteroatoms. The van der Waals surface area contributed by atoms with Crippen molar-refractivity contribution in [3.8, 4) is 0 Å². The normalized spacial score (nSPS) is 12.0.